The van der Waals surface area contributed by atoms with Crippen LogP contribution in [0.2, 0.25) is 5.02 Å². The van der Waals surface area contributed by atoms with Crippen molar-refractivity contribution in [3.63, 3.8) is 0 Å². The van der Waals surface area contributed by atoms with Crippen LogP contribution in [0.25, 0.3) is 0 Å². The molecule has 22 heteroatoms. The molecule has 3 saturated heterocycles. The quantitative estimate of drug-likeness (QED) is 0.0642. The van der Waals surface area contributed by atoms with Crippen molar-refractivity contribution in [2.75, 3.05) is 35.6 Å². The fourth-order valence-electron chi connectivity index (χ4n) is 20.5. The molecule has 18 nitrogen and oxygen atoms in total. The molecule has 3 N–H and O–H groups in total. The van der Waals surface area contributed by atoms with Crippen LogP contribution in [0, 0.1) is 35.2 Å². The number of aromatic nitrogens is 3. The molecule has 3 aliphatic carbocycles. The molecule has 0 bridgehead atoms. The van der Waals surface area contributed by atoms with E-state index >= 15 is 0 Å². The van der Waals surface area contributed by atoms with Crippen molar-refractivity contribution in [3.05, 3.63) is 282 Å². The normalized spacial score (nSPS) is 25.8. The van der Waals surface area contributed by atoms with Gasteiger partial charge < -0.3 is 30.7 Å². The molecule has 6 aliphatic heterocycles. The number of anilines is 3. The molecule has 12 atom stereocenters. The van der Waals surface area contributed by atoms with Gasteiger partial charge in [-0.15, -0.1) is 0 Å². The molecule has 9 aromatic rings. The molecule has 9 aliphatic rings. The van der Waals surface area contributed by atoms with E-state index in [1.54, 1.807) is 55.5 Å². The summed E-state index contributed by atoms with van der Waals surface area (Å²) in [6.07, 6.45) is 9.84. The van der Waals surface area contributed by atoms with E-state index in [2.05, 4.69) is 62.9 Å². The molecule has 115 heavy (non-hydrogen) atoms. The molecule has 6 aromatic carbocycles. The van der Waals surface area contributed by atoms with Gasteiger partial charge in [0.2, 0.25) is 35.4 Å². The molecular weight excluding hydrogens is 1480 g/mol. The Labute approximate surface area is 670 Å². The number of carbonyl (C=O) groups excluding carboxylic acids is 9. The lowest BCUT2D eigenvalue weighted by Crippen LogP contribution is -2.50. The monoisotopic (exact) mass is 1570 g/mol. The first kappa shape index (κ1) is 77.6. The van der Waals surface area contributed by atoms with Gasteiger partial charge in [0.15, 0.2) is 29.0 Å². The zero-order valence-corrected chi connectivity index (χ0v) is 65.7. The van der Waals surface area contributed by atoms with E-state index in [1.807, 2.05) is 133 Å². The second kappa shape index (κ2) is 30.8. The highest BCUT2D eigenvalue weighted by atomic mass is 35.5. The van der Waals surface area contributed by atoms with Gasteiger partial charge in [-0.05, 0) is 204 Å². The second-order valence-corrected chi connectivity index (χ2v) is 33.1. The molecule has 3 fully saturated rings. The lowest BCUT2D eigenvalue weighted by atomic mass is 9.76. The minimum absolute atomic E-state index is 0.0162. The number of hydrogen-bond donors (Lipinski definition) is 3. The maximum absolute atomic E-state index is 14.8. The third kappa shape index (κ3) is 13.8. The molecule has 588 valence electrons. The van der Waals surface area contributed by atoms with Crippen LogP contribution in [0.1, 0.15) is 196 Å². The van der Waals surface area contributed by atoms with Gasteiger partial charge in [-0.2, -0.15) is 0 Å². The van der Waals surface area contributed by atoms with Crippen molar-refractivity contribution < 1.29 is 56.3 Å². The second-order valence-electron chi connectivity index (χ2n) is 32.7. The molecule has 3 spiro atoms. The number of likely N-dealkylation sites (tertiary alicyclic amines) is 3. The van der Waals surface area contributed by atoms with Gasteiger partial charge in [0, 0.05) is 156 Å². The van der Waals surface area contributed by atoms with Crippen LogP contribution in [0.15, 0.2) is 176 Å². The minimum Gasteiger partial charge on any atom is -0.339 e. The van der Waals surface area contributed by atoms with E-state index in [1.165, 1.54) is 5.56 Å². The van der Waals surface area contributed by atoms with Crippen LogP contribution in [-0.2, 0) is 83.5 Å². The molecule has 0 saturated carbocycles. The predicted molar refractivity (Wildman–Crippen MR) is 429 cm³/mol. The van der Waals surface area contributed by atoms with E-state index in [0.29, 0.717) is 116 Å². The lowest BCUT2D eigenvalue weighted by molar-refractivity contribution is -0.142. The largest absolute Gasteiger partial charge is 0.339 e. The van der Waals surface area contributed by atoms with Crippen molar-refractivity contribution in [1.29, 1.82) is 0 Å². The zero-order valence-electron chi connectivity index (χ0n) is 64.9. The number of benzene rings is 6. The minimum atomic E-state index is -1.28. The molecule has 18 rings (SSSR count). The molecule has 3 aromatic heterocycles. The van der Waals surface area contributed by atoms with Gasteiger partial charge >= 0.3 is 0 Å². The zero-order chi connectivity index (χ0) is 80.7. The Morgan fingerprint density at radius 1 is 0.417 bits per heavy atom. The number of likely N-dealkylation sites (N-methyl/N-ethyl adjacent to an activating group) is 3. The van der Waals surface area contributed by atoms with Crippen molar-refractivity contribution in [2.24, 2.45) is 17.8 Å². The average molecular weight is 1570 g/mol. The van der Waals surface area contributed by atoms with Crippen LogP contribution in [0.3, 0.4) is 0 Å². The SMILES string of the molecule is CCN1C(=O)[C@@H](CC(=O)c2ccc3c(c2)C[C@@]2(C3)C(=O)Nc3ncccc32)C[C@@H](c2cc(F)cc(F)c2F)[C@H]1C.CCN1C(=O)[C@@H](CC(=O)c2ccc3c(c2)C[C@@]2(C3)C(=O)Nc3ncccc32)C[C@@H](c2cccc(Cl)c2)[C@H]1C.CCN1C(=O)[C@@H](CC(=O)c2ccc3c(c2)C[C@@]2(C3)C(=O)Nc3ncccc32)C[C@@H](c2ccccc2)[C@H]1C. The Kier molecular flexibility index (Phi) is 20.8. The number of ketones is 3. The van der Waals surface area contributed by atoms with Crippen molar-refractivity contribution in [3.8, 4) is 0 Å². The highest BCUT2D eigenvalue weighted by Crippen LogP contribution is 2.51. The van der Waals surface area contributed by atoms with Gasteiger partial charge in [-0.1, -0.05) is 109 Å². The summed E-state index contributed by atoms with van der Waals surface area (Å²) < 4.78 is 42.8. The molecular formula is C93H89ClF3N9O9. The highest BCUT2D eigenvalue weighted by Gasteiger charge is 2.55. The summed E-state index contributed by atoms with van der Waals surface area (Å²) in [7, 11) is 0. The summed E-state index contributed by atoms with van der Waals surface area (Å²) in [6.45, 7) is 13.2. The van der Waals surface area contributed by atoms with Crippen molar-refractivity contribution in [2.45, 2.75) is 171 Å². The number of Topliss-reactive ketones (excluding diaryl/α,β-unsaturated/α-hetero) is 3. The van der Waals surface area contributed by atoms with Crippen LogP contribution in [0.4, 0.5) is 30.6 Å². The summed E-state index contributed by atoms with van der Waals surface area (Å²) in [5.74, 6) is -3.94. The number of piperidine rings is 3. The van der Waals surface area contributed by atoms with Gasteiger partial charge in [-0.25, -0.2) is 28.1 Å². The molecule has 0 radical (unpaired) electrons. The summed E-state index contributed by atoms with van der Waals surface area (Å²) in [5.41, 5.74) is 10.5. The standard InChI is InChI=1S/C31H30ClN3O3.C31H28F3N3O3.C31H31N3O3/c1-3-35-18(2)25(19-6-4-7-24(32)13-19)14-22(29(35)37)15-27(36)20-9-10-21-16-31(17-23(21)12-20)26-8-5-11-33-28(26)34-30(31)38;1-3-37-16(2)22(23-12-21(32)13-25(33)27(23)34)10-19(29(37)39)11-26(38)17-6-7-18-14-31(15-20(18)9-17)24-5-4-8-35-28(24)36-30(31)40;1-3-34-19(2)25(20-8-5-4-6-9-20)15-23(29(34)36)16-27(35)21-11-12-22-17-31(18-24(22)14-21)26-10-7-13-32-28(26)33-30(31)37/h4-13,18,22,25H,3,14-17H2,1-2H3,(H,33,34,38);4-9,12-13,16,19,22H,3,10-11,14-15H2,1-2H3,(H,35,36,40);4-14,19,23,25H,3,15-18H2,1-2H3,(H,32,33,37)/t18-,22-,25-,31-;16-,19-,22-,31-;19-,23-,25-,31-/m111/s1. The Hall–Kier alpha value is -11.3. The first-order valence-electron chi connectivity index (χ1n) is 40.0. The first-order chi connectivity index (χ1) is 55.3. The van der Waals surface area contributed by atoms with E-state index in [9.17, 15) is 56.3 Å². The number of rotatable bonds is 15. The van der Waals surface area contributed by atoms with Crippen LogP contribution in [0.5, 0.6) is 0 Å². The van der Waals surface area contributed by atoms with Crippen molar-refractivity contribution in [1.82, 2.24) is 29.7 Å². The number of fused-ring (bicyclic) bond motifs is 9. The van der Waals surface area contributed by atoms with Crippen molar-refractivity contribution >= 4 is 81.8 Å². The van der Waals surface area contributed by atoms with Crippen LogP contribution < -0.4 is 16.0 Å². The summed E-state index contributed by atoms with van der Waals surface area (Å²) in [4.78, 5) is 138. The van der Waals surface area contributed by atoms with Gasteiger partial charge in [-0.3, -0.25) is 43.2 Å². The Morgan fingerprint density at radius 2 is 0.774 bits per heavy atom. The number of halogens is 4. The number of amides is 6. The van der Waals surface area contributed by atoms with E-state index < -0.39 is 51.6 Å². The summed E-state index contributed by atoms with van der Waals surface area (Å²) in [5, 5.41) is 9.41. The van der Waals surface area contributed by atoms with Crippen LogP contribution in [-0.4, -0.2) is 120 Å². The smallest absolute Gasteiger partial charge is 0.237 e. The molecule has 0 unspecified atom stereocenters. The highest BCUT2D eigenvalue weighted by molar-refractivity contribution is 6.30. The number of nitrogens with zero attached hydrogens (tertiary/aromatic N) is 6. The maximum atomic E-state index is 14.8. The number of hydrogen-bond acceptors (Lipinski definition) is 12. The fraction of sp³-hybridized carbons (Fsp3) is 0.355. The van der Waals surface area contributed by atoms with Gasteiger partial charge in [0.1, 0.15) is 23.3 Å². The van der Waals surface area contributed by atoms with Crippen LogP contribution >= 0.6 is 11.6 Å². The first-order valence-corrected chi connectivity index (χ1v) is 40.3. The summed E-state index contributed by atoms with van der Waals surface area (Å²) in [6, 6.07) is 47.5. The Morgan fingerprint density at radius 3 is 1.16 bits per heavy atom. The number of carbonyl (C=O) groups is 9. The predicted octanol–water partition coefficient (Wildman–Crippen LogP) is 15.1. The molecule has 6 amide bonds. The lowest BCUT2D eigenvalue weighted by Gasteiger charge is -2.42. The van der Waals surface area contributed by atoms with E-state index in [-0.39, 0.29) is 120 Å². The molecule has 9 heterocycles. The third-order valence-electron chi connectivity index (χ3n) is 26.5. The Bertz CT molecular complexity index is 5510. The van der Waals surface area contributed by atoms with Gasteiger partial charge in [0.25, 0.3) is 0 Å². The number of nitrogens with one attached hydrogen (secondary N) is 3. The Balaban J connectivity index is 0.000000130. The van der Waals surface area contributed by atoms with E-state index in [4.69, 9.17) is 11.6 Å². The maximum Gasteiger partial charge on any atom is 0.237 e. The fourth-order valence-corrected chi connectivity index (χ4v) is 20.7. The van der Waals surface area contributed by atoms with E-state index in [0.717, 1.165) is 61.7 Å². The number of pyridine rings is 3. The third-order valence-corrected chi connectivity index (χ3v) is 26.7. The topological polar surface area (TPSA) is 238 Å². The average Bonchev–Trinajstić information content (AvgIpc) is 1.58. The summed E-state index contributed by atoms with van der Waals surface area (Å²) >= 11 is 6.28. The van der Waals surface area contributed by atoms with Gasteiger partial charge in [0.05, 0.1) is 16.2 Å².